The van der Waals surface area contributed by atoms with Crippen LogP contribution < -0.4 is 15.4 Å². The van der Waals surface area contributed by atoms with Crippen molar-refractivity contribution in [2.75, 3.05) is 45.3 Å². The molecule has 0 saturated carbocycles. The molecule has 1 aromatic heterocycles. The van der Waals surface area contributed by atoms with Crippen LogP contribution in [0.5, 0.6) is 5.75 Å². The number of nitrogens with one attached hydrogen (secondary N) is 2. The summed E-state index contributed by atoms with van der Waals surface area (Å²) < 4.78 is 10.6. The summed E-state index contributed by atoms with van der Waals surface area (Å²) in [5, 5.41) is 6.68. The average molecular weight is 431 g/mol. The smallest absolute Gasteiger partial charge is 0.319 e. The highest BCUT2D eigenvalue weighted by Crippen LogP contribution is 2.28. The van der Waals surface area contributed by atoms with Crippen molar-refractivity contribution in [1.82, 2.24) is 15.2 Å². The van der Waals surface area contributed by atoms with E-state index in [2.05, 4.69) is 20.5 Å². The Hall–Kier alpha value is -2.35. The fourth-order valence-electron chi connectivity index (χ4n) is 4.01. The van der Waals surface area contributed by atoms with Crippen LogP contribution in [0.3, 0.4) is 0 Å². The van der Waals surface area contributed by atoms with E-state index < -0.39 is 0 Å². The normalized spacial score (nSPS) is 22.2. The van der Waals surface area contributed by atoms with E-state index in [9.17, 15) is 4.79 Å². The van der Waals surface area contributed by atoms with Gasteiger partial charge in [-0.15, -0.1) is 0 Å². The van der Waals surface area contributed by atoms with E-state index in [0.29, 0.717) is 16.6 Å². The number of urea groups is 1. The van der Waals surface area contributed by atoms with Crippen molar-refractivity contribution in [3.63, 3.8) is 0 Å². The van der Waals surface area contributed by atoms with Crippen LogP contribution in [0.1, 0.15) is 18.0 Å². The maximum atomic E-state index is 12.6. The number of carbonyl (C=O) groups is 1. The zero-order valence-corrected chi connectivity index (χ0v) is 17.8. The van der Waals surface area contributed by atoms with E-state index in [1.807, 2.05) is 12.1 Å². The molecule has 0 bridgehead atoms. The van der Waals surface area contributed by atoms with Crippen LogP contribution in [0, 0.1) is 5.92 Å². The molecule has 8 heteroatoms. The van der Waals surface area contributed by atoms with Crippen molar-refractivity contribution in [2.45, 2.75) is 18.4 Å². The number of ether oxygens (including phenoxy) is 2. The van der Waals surface area contributed by atoms with E-state index in [1.54, 1.807) is 37.6 Å². The van der Waals surface area contributed by atoms with Crippen molar-refractivity contribution in [2.24, 2.45) is 5.92 Å². The van der Waals surface area contributed by atoms with Gasteiger partial charge < -0.3 is 25.0 Å². The summed E-state index contributed by atoms with van der Waals surface area (Å²) in [7, 11) is 1.63. The maximum Gasteiger partial charge on any atom is 0.319 e. The SMILES string of the molecule is COc1ccc(C2CN(CC3COC3)CCC2NC(=O)Nc2ccc(Cl)cc2)nc1. The number of benzene rings is 1. The van der Waals surface area contributed by atoms with Gasteiger partial charge in [-0.1, -0.05) is 11.6 Å². The molecule has 4 rings (SSSR count). The number of carbonyl (C=O) groups excluding carboxylic acids is 1. The Bertz CT molecular complexity index is 842. The molecular formula is C22H27ClN4O3. The maximum absolute atomic E-state index is 12.6. The number of amides is 2. The number of halogens is 1. The molecule has 2 aromatic rings. The van der Waals surface area contributed by atoms with Crippen LogP contribution in [0.2, 0.25) is 5.02 Å². The van der Waals surface area contributed by atoms with Crippen molar-refractivity contribution in [3.8, 4) is 5.75 Å². The third kappa shape index (κ3) is 5.22. The number of pyridine rings is 1. The Labute approximate surface area is 181 Å². The molecule has 0 radical (unpaired) electrons. The molecule has 2 N–H and O–H groups in total. The molecule has 0 spiro atoms. The summed E-state index contributed by atoms with van der Waals surface area (Å²) in [4.78, 5) is 19.7. The van der Waals surface area contributed by atoms with Crippen molar-refractivity contribution < 1.29 is 14.3 Å². The number of hydrogen-bond donors (Lipinski definition) is 2. The van der Waals surface area contributed by atoms with E-state index in [1.165, 1.54) is 0 Å². The van der Waals surface area contributed by atoms with Crippen molar-refractivity contribution in [3.05, 3.63) is 53.3 Å². The molecule has 0 aliphatic carbocycles. The molecule has 2 amide bonds. The van der Waals surface area contributed by atoms with E-state index in [0.717, 1.165) is 50.7 Å². The third-order valence-electron chi connectivity index (χ3n) is 5.71. The molecular weight excluding hydrogens is 404 g/mol. The second-order valence-corrected chi connectivity index (χ2v) is 8.33. The number of rotatable bonds is 6. The van der Waals surface area contributed by atoms with E-state index in [-0.39, 0.29) is 18.0 Å². The van der Waals surface area contributed by atoms with Gasteiger partial charge in [-0.05, 0) is 42.8 Å². The molecule has 160 valence electrons. The van der Waals surface area contributed by atoms with E-state index >= 15 is 0 Å². The highest BCUT2D eigenvalue weighted by Gasteiger charge is 2.34. The third-order valence-corrected chi connectivity index (χ3v) is 5.97. The summed E-state index contributed by atoms with van der Waals surface area (Å²) in [5.41, 5.74) is 1.67. The minimum atomic E-state index is -0.221. The second kappa shape index (κ2) is 9.64. The van der Waals surface area contributed by atoms with Crippen LogP contribution >= 0.6 is 11.6 Å². The highest BCUT2D eigenvalue weighted by atomic mass is 35.5. The molecule has 1 aromatic carbocycles. The molecule has 3 heterocycles. The van der Waals surface area contributed by atoms with Crippen LogP contribution in [0.25, 0.3) is 0 Å². The Kier molecular flexibility index (Phi) is 6.72. The first kappa shape index (κ1) is 20.9. The predicted molar refractivity (Wildman–Crippen MR) is 116 cm³/mol. The molecule has 2 fully saturated rings. The summed E-state index contributed by atoms with van der Waals surface area (Å²) in [5.74, 6) is 1.43. The van der Waals surface area contributed by atoms with Crippen LogP contribution in [-0.2, 0) is 4.74 Å². The van der Waals surface area contributed by atoms with Gasteiger partial charge in [0.25, 0.3) is 0 Å². The van der Waals surface area contributed by atoms with Gasteiger partial charge in [-0.25, -0.2) is 4.79 Å². The molecule has 2 aliphatic heterocycles. The predicted octanol–water partition coefficient (Wildman–Crippen LogP) is 3.37. The van der Waals surface area contributed by atoms with Crippen LogP contribution in [-0.4, -0.2) is 61.9 Å². The first-order chi connectivity index (χ1) is 14.6. The molecule has 2 saturated heterocycles. The monoisotopic (exact) mass is 430 g/mol. The minimum Gasteiger partial charge on any atom is -0.495 e. The second-order valence-electron chi connectivity index (χ2n) is 7.89. The summed E-state index contributed by atoms with van der Waals surface area (Å²) in [6, 6.07) is 10.8. The summed E-state index contributed by atoms with van der Waals surface area (Å²) >= 11 is 5.92. The van der Waals surface area contributed by atoms with Crippen molar-refractivity contribution >= 4 is 23.3 Å². The molecule has 30 heavy (non-hydrogen) atoms. The van der Waals surface area contributed by atoms with Gasteiger partial charge in [0.15, 0.2) is 0 Å². The number of hydrogen-bond acceptors (Lipinski definition) is 5. The number of likely N-dealkylation sites (tertiary alicyclic amines) is 1. The highest BCUT2D eigenvalue weighted by molar-refractivity contribution is 6.30. The minimum absolute atomic E-state index is 0.00733. The van der Waals surface area contributed by atoms with Gasteiger partial charge >= 0.3 is 6.03 Å². The van der Waals surface area contributed by atoms with Gasteiger partial charge in [0.1, 0.15) is 5.75 Å². The standard InChI is InChI=1S/C22H27ClN4O3/c1-29-18-6-7-20(24-10-18)19-12-27(11-15-13-30-14-15)9-8-21(19)26-22(28)25-17-4-2-16(23)3-5-17/h2-7,10,15,19,21H,8-9,11-14H2,1H3,(H2,25,26,28). The number of aromatic nitrogens is 1. The lowest BCUT2D eigenvalue weighted by Crippen LogP contribution is -2.52. The molecule has 2 aliphatic rings. The number of anilines is 1. The van der Waals surface area contributed by atoms with Gasteiger partial charge in [0, 0.05) is 53.9 Å². The summed E-state index contributed by atoms with van der Waals surface area (Å²) in [6.45, 7) is 4.49. The van der Waals surface area contributed by atoms with Crippen LogP contribution in [0.15, 0.2) is 42.6 Å². The molecule has 7 nitrogen and oxygen atoms in total. The fourth-order valence-corrected chi connectivity index (χ4v) is 4.14. The average Bonchev–Trinajstić information content (AvgIpc) is 2.73. The molecule has 2 unspecified atom stereocenters. The Balaban J connectivity index is 1.44. The van der Waals surface area contributed by atoms with Gasteiger partial charge in [-0.3, -0.25) is 4.98 Å². The summed E-state index contributed by atoms with van der Waals surface area (Å²) in [6.07, 6.45) is 2.60. The lowest BCUT2D eigenvalue weighted by Gasteiger charge is -2.41. The van der Waals surface area contributed by atoms with Gasteiger partial charge in [0.05, 0.1) is 26.5 Å². The lowest BCUT2D eigenvalue weighted by molar-refractivity contribution is -0.0499. The number of piperidine rings is 1. The number of methoxy groups -OCH3 is 1. The largest absolute Gasteiger partial charge is 0.495 e. The van der Waals surface area contributed by atoms with Crippen molar-refractivity contribution in [1.29, 1.82) is 0 Å². The Morgan fingerprint density at radius 1 is 1.27 bits per heavy atom. The Morgan fingerprint density at radius 3 is 2.70 bits per heavy atom. The van der Waals surface area contributed by atoms with Crippen LogP contribution in [0.4, 0.5) is 10.5 Å². The zero-order valence-electron chi connectivity index (χ0n) is 17.0. The number of nitrogens with zero attached hydrogens (tertiary/aromatic N) is 2. The zero-order chi connectivity index (χ0) is 20.9. The topological polar surface area (TPSA) is 75.7 Å². The first-order valence-electron chi connectivity index (χ1n) is 10.2. The quantitative estimate of drug-likeness (QED) is 0.734. The Morgan fingerprint density at radius 2 is 2.07 bits per heavy atom. The first-order valence-corrected chi connectivity index (χ1v) is 10.6. The van der Waals surface area contributed by atoms with E-state index in [4.69, 9.17) is 21.1 Å². The fraction of sp³-hybridized carbons (Fsp3) is 0.455. The lowest BCUT2D eigenvalue weighted by atomic mass is 9.88. The van der Waals surface area contributed by atoms with Gasteiger partial charge in [0.2, 0.25) is 0 Å². The van der Waals surface area contributed by atoms with Gasteiger partial charge in [-0.2, -0.15) is 0 Å². The molecule has 2 atom stereocenters.